The van der Waals surface area contributed by atoms with Gasteiger partial charge in [0.2, 0.25) is 0 Å². The van der Waals surface area contributed by atoms with Crippen molar-refractivity contribution in [1.82, 2.24) is 0 Å². The molecule has 5 N–H and O–H groups in total. The summed E-state index contributed by atoms with van der Waals surface area (Å²) >= 11 is 0. The lowest BCUT2D eigenvalue weighted by Gasteiger charge is -2.15. The second-order valence-corrected chi connectivity index (χ2v) is 7.71. The van der Waals surface area contributed by atoms with Crippen molar-refractivity contribution < 1.29 is 58.8 Å². The molecule has 13 nitrogen and oxygen atoms in total. The van der Waals surface area contributed by atoms with Crippen LogP contribution in [0.2, 0.25) is 0 Å². The Balaban J connectivity index is 5.31. The molecule has 0 fully saturated rings. The third-order valence-electron chi connectivity index (χ3n) is 0.598. The van der Waals surface area contributed by atoms with Crippen LogP contribution in [0.1, 0.15) is 0 Å². The summed E-state index contributed by atoms with van der Waals surface area (Å²) in [5, 5.41) is 0. The van der Waals surface area contributed by atoms with Gasteiger partial charge in [-0.25, -0.2) is 13.7 Å². The molecular formula is H5O13P3S. The third-order valence-corrected chi connectivity index (χ3v) is 5.38. The summed E-state index contributed by atoms with van der Waals surface area (Å²) in [5.41, 5.74) is 0. The van der Waals surface area contributed by atoms with Gasteiger partial charge in [-0.15, -0.1) is 3.97 Å². The molecule has 0 aliphatic heterocycles. The number of rotatable bonds is 6. The van der Waals surface area contributed by atoms with Gasteiger partial charge in [-0.3, -0.25) is 4.55 Å². The van der Waals surface area contributed by atoms with E-state index in [0.29, 0.717) is 0 Å². The number of hydrogen-bond donors (Lipinski definition) is 5. The first-order chi connectivity index (χ1) is 7.12. The second kappa shape index (κ2) is 5.13. The van der Waals surface area contributed by atoms with E-state index in [1.165, 1.54) is 0 Å². The lowest BCUT2D eigenvalue weighted by molar-refractivity contribution is 0.205. The van der Waals surface area contributed by atoms with Gasteiger partial charge in [0.25, 0.3) is 0 Å². The minimum atomic E-state index is -5.95. The van der Waals surface area contributed by atoms with Gasteiger partial charge < -0.3 is 19.6 Å². The molecule has 0 aromatic carbocycles. The summed E-state index contributed by atoms with van der Waals surface area (Å²) in [6.07, 6.45) is 0. The molecule has 0 saturated carbocycles. The van der Waals surface area contributed by atoms with Gasteiger partial charge in [-0.1, -0.05) is 0 Å². The lowest BCUT2D eigenvalue weighted by atomic mass is 15.7. The summed E-state index contributed by atoms with van der Waals surface area (Å²) in [5.74, 6) is 0. The van der Waals surface area contributed by atoms with E-state index in [1.807, 2.05) is 0 Å². The lowest BCUT2D eigenvalue weighted by Crippen LogP contribution is -2.05. The zero-order valence-corrected chi connectivity index (χ0v) is 10.8. The molecule has 0 aromatic heterocycles. The molecule has 104 valence electrons. The van der Waals surface area contributed by atoms with Crippen molar-refractivity contribution in [1.29, 1.82) is 0 Å². The zero-order valence-electron chi connectivity index (χ0n) is 7.25. The first kappa shape index (κ1) is 17.3. The molecule has 0 unspecified atom stereocenters. The van der Waals surface area contributed by atoms with Gasteiger partial charge in [-0.2, -0.15) is 17.0 Å². The van der Waals surface area contributed by atoms with Gasteiger partial charge in [-0.05, 0) is 0 Å². The van der Waals surface area contributed by atoms with Gasteiger partial charge in [0.05, 0.1) is 0 Å². The number of phosphoric acid groups is 3. The minimum Gasteiger partial charge on any atom is -0.302 e. The molecule has 0 bridgehead atoms. The van der Waals surface area contributed by atoms with E-state index in [2.05, 4.69) is 12.6 Å². The Kier molecular flexibility index (Phi) is 5.23. The van der Waals surface area contributed by atoms with Gasteiger partial charge in [0.15, 0.2) is 0 Å². The maximum atomic E-state index is 11.1. The minimum absolute atomic E-state index is 3.03. The maximum absolute atomic E-state index is 11.1. The van der Waals surface area contributed by atoms with E-state index in [1.54, 1.807) is 0 Å². The fourth-order valence-electron chi connectivity index (χ4n) is 0.418. The summed E-state index contributed by atoms with van der Waals surface area (Å²) in [6, 6.07) is 0. The predicted molar refractivity (Wildman–Crippen MR) is 46.5 cm³/mol. The normalized spacial score (nSPS) is 14.9. The van der Waals surface area contributed by atoms with Gasteiger partial charge in [0, 0.05) is 0 Å². The van der Waals surface area contributed by atoms with Crippen LogP contribution >= 0.6 is 23.5 Å². The van der Waals surface area contributed by atoms with Crippen molar-refractivity contribution in [3.05, 3.63) is 0 Å². The molecule has 0 aliphatic rings. The van der Waals surface area contributed by atoms with E-state index in [-0.39, 0.29) is 0 Å². The first-order valence-electron chi connectivity index (χ1n) is 2.94. The molecule has 0 atom stereocenters. The van der Waals surface area contributed by atoms with Gasteiger partial charge >= 0.3 is 33.9 Å². The van der Waals surface area contributed by atoms with E-state index < -0.39 is 33.9 Å². The zero-order chi connectivity index (χ0) is 14.1. The number of hydrogen-bond acceptors (Lipinski definition) is 8. The molecule has 0 radical (unpaired) electrons. The highest BCUT2D eigenvalue weighted by molar-refractivity contribution is 7.86. The highest BCUT2D eigenvalue weighted by atomic mass is 32.3. The van der Waals surface area contributed by atoms with Crippen LogP contribution in [-0.4, -0.2) is 32.5 Å². The third kappa shape index (κ3) is 9.97. The highest BCUT2D eigenvalue weighted by Crippen LogP contribution is 2.68. The van der Waals surface area contributed by atoms with Crippen LogP contribution in [0.3, 0.4) is 0 Å². The molecule has 0 rings (SSSR count). The fourth-order valence-corrected chi connectivity index (χ4v) is 4.52. The topological polar surface area (TPSA) is 214 Å². The second-order valence-electron chi connectivity index (χ2n) is 2.09. The van der Waals surface area contributed by atoms with Crippen LogP contribution in [0, 0.1) is 0 Å². The molecule has 0 saturated heterocycles. The monoisotopic (exact) mass is 338 g/mol. The standard InChI is InChI=1S/H5O13P3S/c1-14(2,3)11-16(7,12-15(4,5)6)13-17(8,9)10/h(H2,1,2,3)(H2,4,5,6)(H,8,9,10). The van der Waals surface area contributed by atoms with E-state index in [4.69, 9.17) is 24.1 Å². The highest BCUT2D eigenvalue weighted by Gasteiger charge is 2.45. The summed E-state index contributed by atoms with van der Waals surface area (Å²) < 4.78 is 69.1. The predicted octanol–water partition coefficient (Wildman–Crippen LogP) is -0.868. The Morgan fingerprint density at radius 1 is 0.824 bits per heavy atom. The van der Waals surface area contributed by atoms with Crippen LogP contribution in [0.5, 0.6) is 0 Å². The largest absolute Gasteiger partial charge is 0.509 e. The van der Waals surface area contributed by atoms with E-state index in [9.17, 15) is 22.1 Å². The Labute approximate surface area is 93.4 Å². The van der Waals surface area contributed by atoms with E-state index >= 15 is 0 Å². The van der Waals surface area contributed by atoms with Crippen LogP contribution in [0.4, 0.5) is 0 Å². The molecule has 0 heterocycles. The molecule has 0 amide bonds. The average Bonchev–Trinajstić information content (AvgIpc) is 1.65. The SMILES string of the molecule is O=P(O)(O)OP(=O)(OP(=O)(O)O)OS(=O)(=O)O. The first-order valence-corrected chi connectivity index (χ1v) is 8.83. The maximum Gasteiger partial charge on any atom is 0.509 e. The Morgan fingerprint density at radius 2 is 1.12 bits per heavy atom. The average molecular weight is 338 g/mol. The quantitative estimate of drug-likeness (QED) is 0.294. The van der Waals surface area contributed by atoms with Crippen molar-refractivity contribution in [3.63, 3.8) is 0 Å². The van der Waals surface area contributed by atoms with Crippen LogP contribution in [0.15, 0.2) is 0 Å². The molecule has 0 spiro atoms. The van der Waals surface area contributed by atoms with Crippen LogP contribution in [0.25, 0.3) is 0 Å². The van der Waals surface area contributed by atoms with Crippen molar-refractivity contribution in [3.8, 4) is 0 Å². The Morgan fingerprint density at radius 3 is 1.29 bits per heavy atom. The van der Waals surface area contributed by atoms with Crippen molar-refractivity contribution in [2.24, 2.45) is 0 Å². The molecule has 0 aromatic rings. The van der Waals surface area contributed by atoms with Gasteiger partial charge in [0.1, 0.15) is 0 Å². The van der Waals surface area contributed by atoms with Crippen LogP contribution in [-0.2, 0) is 36.7 Å². The summed E-state index contributed by atoms with van der Waals surface area (Å²) in [6.45, 7) is 0. The molecule has 17 heteroatoms. The fraction of sp³-hybridized carbons (Fsp3) is 0. The molecule has 17 heavy (non-hydrogen) atoms. The molecular weight excluding hydrogens is 333 g/mol. The van der Waals surface area contributed by atoms with Crippen molar-refractivity contribution >= 4 is 33.9 Å². The summed E-state index contributed by atoms with van der Waals surface area (Å²) in [7, 11) is -23.0. The molecule has 0 aliphatic carbocycles. The van der Waals surface area contributed by atoms with Crippen LogP contribution < -0.4 is 0 Å². The summed E-state index contributed by atoms with van der Waals surface area (Å²) in [4.78, 5) is 32.7. The van der Waals surface area contributed by atoms with Crippen molar-refractivity contribution in [2.45, 2.75) is 0 Å². The Bertz CT molecular complexity index is 469. The Hall–Kier alpha value is 0.320. The van der Waals surface area contributed by atoms with Crippen molar-refractivity contribution in [2.75, 3.05) is 0 Å². The smallest absolute Gasteiger partial charge is 0.302 e. The van der Waals surface area contributed by atoms with E-state index in [0.717, 1.165) is 0 Å².